The van der Waals surface area contributed by atoms with E-state index in [1.54, 1.807) is 0 Å². The van der Waals surface area contributed by atoms with E-state index in [2.05, 4.69) is 88.4 Å². The maximum absolute atomic E-state index is 5.86. The number of benzene rings is 4. The molecule has 0 bridgehead atoms. The Kier molecular flexibility index (Phi) is 13.9. The van der Waals surface area contributed by atoms with Gasteiger partial charge in [0.05, 0.1) is 0 Å². The summed E-state index contributed by atoms with van der Waals surface area (Å²) < 4.78 is 1.31. The molecule has 6 rings (SSSR count). The van der Waals surface area contributed by atoms with Crippen molar-refractivity contribution in [3.63, 3.8) is 0 Å². The standard InChI is InChI=1S/C13H8Cl2.C13H9.C10H15.2ClH.Zr/c14-12-5-1-10(2-6-12)9-11-3-7-13(15)8-4-11;1-3-7-12-10(5-1)9-11-6-2-4-8-13(11)12;1-8-5-6-9(7-8)10(2,3)4;;;/h1-8H;1-5,7-8H,9H2;5-7H,1-4H3;2*1H;/q;2*-1;;;+2/p-2. The molecule has 0 aliphatic heterocycles. The van der Waals surface area contributed by atoms with Crippen LogP contribution >= 0.6 is 23.2 Å². The molecule has 0 N–H and O–H groups in total. The summed E-state index contributed by atoms with van der Waals surface area (Å²) in [4.78, 5) is 0. The molecule has 210 valence electrons. The molecule has 0 amide bonds. The van der Waals surface area contributed by atoms with E-state index in [4.69, 9.17) is 23.2 Å². The van der Waals surface area contributed by atoms with Crippen LogP contribution in [0.15, 0.2) is 109 Å². The number of hydrogen-bond donors (Lipinski definition) is 0. The van der Waals surface area contributed by atoms with Gasteiger partial charge in [-0.1, -0.05) is 68.5 Å². The number of aryl methyl sites for hydroxylation is 1. The van der Waals surface area contributed by atoms with Crippen molar-refractivity contribution in [2.75, 3.05) is 0 Å². The Labute approximate surface area is 282 Å². The smallest absolute Gasteiger partial charge is 0.0253 e. The van der Waals surface area contributed by atoms with Crippen molar-refractivity contribution < 1.29 is 49.0 Å². The predicted molar refractivity (Wildman–Crippen MR) is 165 cm³/mol. The van der Waals surface area contributed by atoms with E-state index in [-0.39, 0.29) is 24.8 Å². The fraction of sp³-hybridized carbons (Fsp3) is 0.167. The van der Waals surface area contributed by atoms with Gasteiger partial charge in [-0.3, -0.25) is 0 Å². The average molecular weight is 698 g/mol. The summed E-state index contributed by atoms with van der Waals surface area (Å²) in [6, 6.07) is 40.6. The summed E-state index contributed by atoms with van der Waals surface area (Å²) in [6.07, 6.45) is 1.05. The minimum absolute atomic E-state index is 0. The van der Waals surface area contributed by atoms with E-state index in [0.717, 1.165) is 16.5 Å². The van der Waals surface area contributed by atoms with Gasteiger partial charge in [0.2, 0.25) is 0 Å². The maximum Gasteiger partial charge on any atom is -0.0253 e. The SMILES string of the molecule is Cc1cc(C(C)(C)C)c[cH-]1.Clc1ccc([C](=[Zr+2])c2ccc(Cl)cc2)cc1.[Cl-].[Cl-].[c-]1cccc2c1Cc1ccccc1-2. The van der Waals surface area contributed by atoms with E-state index in [1.807, 2.05) is 54.6 Å². The van der Waals surface area contributed by atoms with Crippen molar-refractivity contribution in [3.05, 3.63) is 159 Å². The quantitative estimate of drug-likeness (QED) is 0.239. The van der Waals surface area contributed by atoms with E-state index >= 15 is 0 Å². The number of fused-ring (bicyclic) bond motifs is 3. The summed E-state index contributed by atoms with van der Waals surface area (Å²) in [6.45, 7) is 8.85. The van der Waals surface area contributed by atoms with Gasteiger partial charge in [-0.05, 0) is 6.42 Å². The Morgan fingerprint density at radius 2 is 1.32 bits per heavy atom. The van der Waals surface area contributed by atoms with Crippen molar-refractivity contribution in [3.8, 4) is 11.1 Å². The molecule has 0 unspecified atom stereocenters. The van der Waals surface area contributed by atoms with E-state index in [9.17, 15) is 0 Å². The zero-order chi connectivity index (χ0) is 28.0. The molecule has 0 fully saturated rings. The van der Waals surface area contributed by atoms with Crippen molar-refractivity contribution in [1.29, 1.82) is 0 Å². The Morgan fingerprint density at radius 3 is 1.80 bits per heavy atom. The fourth-order valence-electron chi connectivity index (χ4n) is 4.43. The van der Waals surface area contributed by atoms with Crippen LogP contribution in [-0.2, 0) is 36.1 Å². The number of rotatable bonds is 2. The zero-order valence-corrected chi connectivity index (χ0v) is 29.1. The second kappa shape index (κ2) is 16.1. The molecule has 0 aromatic heterocycles. The summed E-state index contributed by atoms with van der Waals surface area (Å²) >= 11 is 13.1. The molecule has 0 nitrogen and oxygen atoms in total. The van der Waals surface area contributed by atoms with Gasteiger partial charge in [0, 0.05) is 0 Å². The van der Waals surface area contributed by atoms with Crippen LogP contribution in [0.4, 0.5) is 0 Å². The van der Waals surface area contributed by atoms with Crippen molar-refractivity contribution in [1.82, 2.24) is 0 Å². The maximum atomic E-state index is 5.86. The molecule has 0 radical (unpaired) electrons. The third-order valence-corrected chi connectivity index (χ3v) is 8.58. The predicted octanol–water partition coefficient (Wildman–Crippen LogP) is 4.19. The first-order valence-corrected chi connectivity index (χ1v) is 15.0. The fourth-order valence-corrected chi connectivity index (χ4v) is 5.50. The van der Waals surface area contributed by atoms with Gasteiger partial charge in [0.1, 0.15) is 0 Å². The van der Waals surface area contributed by atoms with E-state index in [1.165, 1.54) is 71.9 Å². The summed E-state index contributed by atoms with van der Waals surface area (Å²) in [5, 5.41) is 1.53. The molecule has 5 aromatic carbocycles. The normalized spacial score (nSPS) is 10.8. The molecular formula is C36H32Cl4Zr-2. The first kappa shape index (κ1) is 35.3. The number of hydrogen-bond acceptors (Lipinski definition) is 0. The van der Waals surface area contributed by atoms with Crippen LogP contribution in [-0.4, -0.2) is 3.21 Å². The third-order valence-electron chi connectivity index (χ3n) is 6.66. The Bertz CT molecular complexity index is 1450. The van der Waals surface area contributed by atoms with Gasteiger partial charge >= 0.3 is 120 Å². The first-order chi connectivity index (χ1) is 18.6. The average Bonchev–Trinajstić information content (AvgIpc) is 3.54. The summed E-state index contributed by atoms with van der Waals surface area (Å²) in [7, 11) is 0. The Morgan fingerprint density at radius 1 is 0.780 bits per heavy atom. The van der Waals surface area contributed by atoms with Gasteiger partial charge in [-0.25, -0.2) is 6.07 Å². The van der Waals surface area contributed by atoms with Gasteiger partial charge in [-0.2, -0.15) is 53.1 Å². The second-order valence-electron chi connectivity index (χ2n) is 10.7. The van der Waals surface area contributed by atoms with Crippen molar-refractivity contribution in [2.45, 2.75) is 39.5 Å². The van der Waals surface area contributed by atoms with Gasteiger partial charge in [-0.15, -0.1) is 5.56 Å². The molecule has 5 aromatic rings. The number of halogens is 4. The zero-order valence-electron chi connectivity index (χ0n) is 23.6. The molecule has 1 aliphatic carbocycles. The topological polar surface area (TPSA) is 0 Å². The largest absolute Gasteiger partial charge is 1.00 e. The molecule has 0 heterocycles. The molecule has 1 aliphatic rings. The van der Waals surface area contributed by atoms with Crippen LogP contribution in [0, 0.1) is 13.0 Å². The van der Waals surface area contributed by atoms with Crippen LogP contribution in [0.25, 0.3) is 11.1 Å². The second-order valence-corrected chi connectivity index (χ2v) is 12.8. The van der Waals surface area contributed by atoms with Crippen LogP contribution in [0.1, 0.15) is 54.2 Å². The molecule has 0 atom stereocenters. The summed E-state index contributed by atoms with van der Waals surface area (Å²) in [5.74, 6) is 0. The van der Waals surface area contributed by atoms with Gasteiger partial charge in [0.15, 0.2) is 0 Å². The monoisotopic (exact) mass is 694 g/mol. The van der Waals surface area contributed by atoms with Crippen LogP contribution in [0.3, 0.4) is 0 Å². The molecular weight excluding hydrogens is 665 g/mol. The molecule has 0 saturated carbocycles. The van der Waals surface area contributed by atoms with Crippen LogP contribution in [0.5, 0.6) is 0 Å². The Hall–Kier alpha value is -1.86. The minimum atomic E-state index is 0. The molecule has 0 spiro atoms. The summed E-state index contributed by atoms with van der Waals surface area (Å²) in [5.41, 5.74) is 11.1. The molecule has 41 heavy (non-hydrogen) atoms. The van der Waals surface area contributed by atoms with Crippen molar-refractivity contribution >= 4 is 26.4 Å². The molecule has 0 saturated heterocycles. The first-order valence-electron chi connectivity index (χ1n) is 13.0. The van der Waals surface area contributed by atoms with Gasteiger partial charge in [0.25, 0.3) is 0 Å². The van der Waals surface area contributed by atoms with Crippen molar-refractivity contribution in [2.24, 2.45) is 0 Å². The van der Waals surface area contributed by atoms with Crippen LogP contribution in [0.2, 0.25) is 10.0 Å². The Balaban J connectivity index is 0.000000215. The van der Waals surface area contributed by atoms with Gasteiger partial charge < -0.3 is 24.8 Å². The third kappa shape index (κ3) is 9.84. The van der Waals surface area contributed by atoms with E-state index in [0.29, 0.717) is 5.41 Å². The minimum Gasteiger partial charge on any atom is -1.00 e. The van der Waals surface area contributed by atoms with Crippen LogP contribution < -0.4 is 24.8 Å². The van der Waals surface area contributed by atoms with E-state index < -0.39 is 0 Å². The molecule has 5 heteroatoms.